The molecule has 1 aliphatic rings. The molecular weight excluding hydrogens is 162 g/mol. The normalized spacial score (nSPS) is 30.5. The van der Waals surface area contributed by atoms with E-state index in [-0.39, 0.29) is 0 Å². The van der Waals surface area contributed by atoms with Crippen LogP contribution in [-0.4, -0.2) is 37.5 Å². The number of nitrogens with zero attached hydrogens (tertiary/aromatic N) is 2. The third-order valence-electron chi connectivity index (χ3n) is 3.08. The van der Waals surface area contributed by atoms with E-state index >= 15 is 0 Å². The van der Waals surface area contributed by atoms with Gasteiger partial charge in [0.2, 0.25) is 0 Å². The maximum absolute atomic E-state index is 4.25. The molecular formula is C10H21N3. The highest BCUT2D eigenvalue weighted by atomic mass is 15.3. The first kappa shape index (κ1) is 10.4. The fourth-order valence-electron chi connectivity index (χ4n) is 2.02. The van der Waals surface area contributed by atoms with Gasteiger partial charge in [-0.2, -0.15) is 0 Å². The highest BCUT2D eigenvalue weighted by Crippen LogP contribution is 2.22. The van der Waals surface area contributed by atoms with Crippen LogP contribution < -0.4 is 5.32 Å². The molecule has 0 aromatic heterocycles. The van der Waals surface area contributed by atoms with E-state index in [4.69, 9.17) is 0 Å². The summed E-state index contributed by atoms with van der Waals surface area (Å²) in [7, 11) is 3.78. The van der Waals surface area contributed by atoms with Crippen molar-refractivity contribution in [2.45, 2.75) is 32.7 Å². The van der Waals surface area contributed by atoms with E-state index in [1.54, 1.807) is 0 Å². The molecule has 0 aliphatic carbocycles. The van der Waals surface area contributed by atoms with Crippen LogP contribution in [0.15, 0.2) is 4.99 Å². The van der Waals surface area contributed by atoms with Crippen molar-refractivity contribution >= 4 is 5.96 Å². The molecule has 2 atom stereocenters. The number of nitrogens with one attached hydrogen (secondary N) is 1. The van der Waals surface area contributed by atoms with E-state index in [1.165, 1.54) is 12.8 Å². The highest BCUT2D eigenvalue weighted by Gasteiger charge is 2.26. The van der Waals surface area contributed by atoms with Gasteiger partial charge in [0.1, 0.15) is 0 Å². The molecule has 3 heteroatoms. The number of hydrogen-bond donors (Lipinski definition) is 1. The molecule has 3 nitrogen and oxygen atoms in total. The summed E-state index contributed by atoms with van der Waals surface area (Å²) >= 11 is 0. The number of hydrogen-bond acceptors (Lipinski definition) is 1. The van der Waals surface area contributed by atoms with E-state index in [1.807, 2.05) is 14.1 Å². The SMILES string of the molecule is CN=C(NC)N1CCCC(C)C1C. The number of rotatable bonds is 0. The van der Waals surface area contributed by atoms with Crippen LogP contribution in [-0.2, 0) is 0 Å². The van der Waals surface area contributed by atoms with Crippen molar-refractivity contribution in [3.63, 3.8) is 0 Å². The van der Waals surface area contributed by atoms with Crippen LogP contribution in [0.3, 0.4) is 0 Å². The van der Waals surface area contributed by atoms with Crippen LogP contribution >= 0.6 is 0 Å². The number of aliphatic imine (C=N–C) groups is 1. The van der Waals surface area contributed by atoms with Crippen LogP contribution in [0.4, 0.5) is 0 Å². The maximum Gasteiger partial charge on any atom is 0.193 e. The molecule has 76 valence electrons. The second kappa shape index (κ2) is 4.49. The summed E-state index contributed by atoms with van der Waals surface area (Å²) in [5.41, 5.74) is 0. The monoisotopic (exact) mass is 183 g/mol. The van der Waals surface area contributed by atoms with Crippen molar-refractivity contribution in [3.05, 3.63) is 0 Å². The molecule has 1 rings (SSSR count). The Kier molecular flexibility index (Phi) is 3.58. The summed E-state index contributed by atoms with van der Waals surface area (Å²) in [6.07, 6.45) is 2.63. The Morgan fingerprint density at radius 2 is 2.15 bits per heavy atom. The molecule has 0 bridgehead atoms. The van der Waals surface area contributed by atoms with Crippen LogP contribution in [0.25, 0.3) is 0 Å². The van der Waals surface area contributed by atoms with Gasteiger partial charge in [0, 0.05) is 26.7 Å². The largest absolute Gasteiger partial charge is 0.359 e. The standard InChI is InChI=1S/C10H21N3/c1-8-6-5-7-13(9(8)2)10(11-3)12-4/h8-9H,5-7H2,1-4H3,(H,11,12). The van der Waals surface area contributed by atoms with E-state index < -0.39 is 0 Å². The molecule has 2 unspecified atom stereocenters. The molecule has 0 aromatic carbocycles. The predicted octanol–water partition coefficient (Wildman–Crippen LogP) is 1.31. The Bertz CT molecular complexity index is 189. The molecule has 1 aliphatic heterocycles. The van der Waals surface area contributed by atoms with Crippen LogP contribution in [0.5, 0.6) is 0 Å². The molecule has 0 radical (unpaired) electrons. The maximum atomic E-state index is 4.25. The lowest BCUT2D eigenvalue weighted by Crippen LogP contribution is -2.50. The fourth-order valence-corrected chi connectivity index (χ4v) is 2.02. The first-order chi connectivity index (χ1) is 6.20. The predicted molar refractivity (Wildman–Crippen MR) is 57.0 cm³/mol. The van der Waals surface area contributed by atoms with E-state index in [0.29, 0.717) is 6.04 Å². The first-order valence-electron chi connectivity index (χ1n) is 5.12. The van der Waals surface area contributed by atoms with Crippen molar-refractivity contribution in [1.82, 2.24) is 10.2 Å². The molecule has 1 fully saturated rings. The molecule has 0 saturated carbocycles. The second-order valence-corrected chi connectivity index (χ2v) is 3.85. The average Bonchev–Trinajstić information content (AvgIpc) is 2.14. The van der Waals surface area contributed by atoms with Gasteiger partial charge in [0.25, 0.3) is 0 Å². The van der Waals surface area contributed by atoms with Crippen LogP contribution in [0.2, 0.25) is 0 Å². The Morgan fingerprint density at radius 1 is 1.46 bits per heavy atom. The minimum absolute atomic E-state index is 0.611. The van der Waals surface area contributed by atoms with Crippen LogP contribution in [0.1, 0.15) is 26.7 Å². The fraction of sp³-hybridized carbons (Fsp3) is 0.900. The Labute approximate surface area is 81.2 Å². The van der Waals surface area contributed by atoms with Crippen LogP contribution in [0, 0.1) is 5.92 Å². The van der Waals surface area contributed by atoms with Crippen molar-refractivity contribution in [3.8, 4) is 0 Å². The summed E-state index contributed by atoms with van der Waals surface area (Å²) < 4.78 is 0. The Morgan fingerprint density at radius 3 is 2.69 bits per heavy atom. The van der Waals surface area contributed by atoms with Gasteiger partial charge in [-0.1, -0.05) is 6.92 Å². The molecule has 1 heterocycles. The lowest BCUT2D eigenvalue weighted by Gasteiger charge is -2.39. The van der Waals surface area contributed by atoms with Crippen molar-refractivity contribution < 1.29 is 0 Å². The zero-order valence-electron chi connectivity index (χ0n) is 9.17. The summed E-state index contributed by atoms with van der Waals surface area (Å²) in [6.45, 7) is 5.74. The summed E-state index contributed by atoms with van der Waals surface area (Å²) in [5, 5.41) is 3.15. The van der Waals surface area contributed by atoms with Gasteiger partial charge in [0.05, 0.1) is 0 Å². The second-order valence-electron chi connectivity index (χ2n) is 3.85. The van der Waals surface area contributed by atoms with Gasteiger partial charge in [-0.05, 0) is 25.7 Å². The first-order valence-corrected chi connectivity index (χ1v) is 5.12. The molecule has 1 N–H and O–H groups in total. The van der Waals surface area contributed by atoms with E-state index in [0.717, 1.165) is 18.4 Å². The highest BCUT2D eigenvalue weighted by molar-refractivity contribution is 5.79. The van der Waals surface area contributed by atoms with Gasteiger partial charge in [-0.3, -0.25) is 4.99 Å². The zero-order valence-corrected chi connectivity index (χ0v) is 9.17. The number of piperidine rings is 1. The van der Waals surface area contributed by atoms with Gasteiger partial charge in [0.15, 0.2) is 5.96 Å². The van der Waals surface area contributed by atoms with E-state index in [9.17, 15) is 0 Å². The third-order valence-corrected chi connectivity index (χ3v) is 3.08. The number of guanidine groups is 1. The third kappa shape index (κ3) is 2.14. The quantitative estimate of drug-likeness (QED) is 0.453. The molecule has 0 spiro atoms. The minimum Gasteiger partial charge on any atom is -0.359 e. The Hall–Kier alpha value is -0.730. The van der Waals surface area contributed by atoms with Crippen molar-refractivity contribution in [1.29, 1.82) is 0 Å². The molecule has 13 heavy (non-hydrogen) atoms. The average molecular weight is 183 g/mol. The van der Waals surface area contributed by atoms with Gasteiger partial charge in [-0.15, -0.1) is 0 Å². The lowest BCUT2D eigenvalue weighted by molar-refractivity contribution is 0.187. The summed E-state index contributed by atoms with van der Waals surface area (Å²) in [5.74, 6) is 1.80. The van der Waals surface area contributed by atoms with Gasteiger partial charge in [-0.25, -0.2) is 0 Å². The van der Waals surface area contributed by atoms with Crippen molar-refractivity contribution in [2.24, 2.45) is 10.9 Å². The summed E-state index contributed by atoms with van der Waals surface area (Å²) in [6, 6.07) is 0.611. The molecule has 1 saturated heterocycles. The van der Waals surface area contributed by atoms with Crippen molar-refractivity contribution in [2.75, 3.05) is 20.6 Å². The topological polar surface area (TPSA) is 27.6 Å². The molecule has 0 aromatic rings. The van der Waals surface area contributed by atoms with Gasteiger partial charge >= 0.3 is 0 Å². The van der Waals surface area contributed by atoms with Gasteiger partial charge < -0.3 is 10.2 Å². The summed E-state index contributed by atoms with van der Waals surface area (Å²) in [4.78, 5) is 6.62. The zero-order chi connectivity index (χ0) is 9.84. The lowest BCUT2D eigenvalue weighted by atomic mass is 9.92. The van der Waals surface area contributed by atoms with E-state index in [2.05, 4.69) is 29.1 Å². The smallest absolute Gasteiger partial charge is 0.193 e. The minimum atomic E-state index is 0.611. The number of likely N-dealkylation sites (tertiary alicyclic amines) is 1. The Balaban J connectivity index is 2.67. The molecule has 0 amide bonds.